The molecule has 0 bridgehead atoms. The van der Waals surface area contributed by atoms with Crippen molar-refractivity contribution in [3.05, 3.63) is 0 Å². The maximum atomic E-state index is 11.5. The van der Waals surface area contributed by atoms with Crippen molar-refractivity contribution in [3.63, 3.8) is 0 Å². The van der Waals surface area contributed by atoms with Crippen LogP contribution in [0, 0.1) is 11.8 Å². The van der Waals surface area contributed by atoms with E-state index >= 15 is 0 Å². The molecule has 0 aromatic carbocycles. The molecule has 1 saturated carbocycles. The molecule has 98 valence electrons. The second-order valence-corrected chi connectivity index (χ2v) is 4.66. The van der Waals surface area contributed by atoms with Crippen LogP contribution in [0.3, 0.4) is 0 Å². The van der Waals surface area contributed by atoms with Crippen molar-refractivity contribution < 1.29 is 14.7 Å². The van der Waals surface area contributed by atoms with Crippen LogP contribution in [-0.4, -0.2) is 36.1 Å². The van der Waals surface area contributed by atoms with Gasteiger partial charge in [0.1, 0.15) is 0 Å². The second kappa shape index (κ2) is 6.59. The van der Waals surface area contributed by atoms with Crippen molar-refractivity contribution in [1.29, 1.82) is 0 Å². The van der Waals surface area contributed by atoms with Gasteiger partial charge in [0.15, 0.2) is 0 Å². The molecule has 0 aliphatic heterocycles. The van der Waals surface area contributed by atoms with Gasteiger partial charge in [0.2, 0.25) is 5.91 Å². The third-order valence-electron chi connectivity index (χ3n) is 3.41. The van der Waals surface area contributed by atoms with Gasteiger partial charge in [-0.25, -0.2) is 0 Å². The summed E-state index contributed by atoms with van der Waals surface area (Å²) in [5.41, 5.74) is 0. The fraction of sp³-hybridized carbons (Fsp3) is 0.833. The molecule has 0 saturated heterocycles. The van der Waals surface area contributed by atoms with Gasteiger partial charge in [-0.3, -0.25) is 9.59 Å². The van der Waals surface area contributed by atoms with Gasteiger partial charge in [-0.15, -0.1) is 0 Å². The first-order chi connectivity index (χ1) is 8.06. The van der Waals surface area contributed by atoms with Crippen molar-refractivity contribution in [1.82, 2.24) is 10.6 Å². The highest BCUT2D eigenvalue weighted by molar-refractivity contribution is 5.81. The lowest BCUT2D eigenvalue weighted by molar-refractivity contribution is -0.142. The number of carbonyl (C=O) groups is 2. The summed E-state index contributed by atoms with van der Waals surface area (Å²) in [6, 6.07) is -0.259. The molecule has 1 fully saturated rings. The van der Waals surface area contributed by atoms with Crippen molar-refractivity contribution >= 4 is 11.9 Å². The molecule has 5 heteroatoms. The van der Waals surface area contributed by atoms with Gasteiger partial charge in [-0.05, 0) is 39.2 Å². The van der Waals surface area contributed by atoms with E-state index in [2.05, 4.69) is 10.6 Å². The number of hydrogen-bond donors (Lipinski definition) is 3. The lowest BCUT2D eigenvalue weighted by Gasteiger charge is -2.19. The molecule has 17 heavy (non-hydrogen) atoms. The highest BCUT2D eigenvalue weighted by Gasteiger charge is 2.32. The van der Waals surface area contributed by atoms with Gasteiger partial charge in [0.05, 0.1) is 12.0 Å². The van der Waals surface area contributed by atoms with E-state index in [1.54, 1.807) is 6.92 Å². The Morgan fingerprint density at radius 3 is 2.71 bits per heavy atom. The number of carboxylic acid groups (broad SMARTS) is 1. The molecule has 3 N–H and O–H groups in total. The van der Waals surface area contributed by atoms with Crippen molar-refractivity contribution in [2.24, 2.45) is 11.8 Å². The quantitative estimate of drug-likeness (QED) is 0.637. The normalized spacial score (nSPS) is 25.5. The highest BCUT2D eigenvalue weighted by atomic mass is 16.4. The summed E-state index contributed by atoms with van der Waals surface area (Å²) in [6.45, 7) is 4.90. The molecular weight excluding hydrogens is 220 g/mol. The number of carboxylic acids is 1. The molecule has 1 aliphatic carbocycles. The minimum absolute atomic E-state index is 0.0302. The van der Waals surface area contributed by atoms with Crippen LogP contribution in [0.4, 0.5) is 0 Å². The summed E-state index contributed by atoms with van der Waals surface area (Å²) < 4.78 is 0. The van der Waals surface area contributed by atoms with E-state index < -0.39 is 5.97 Å². The van der Waals surface area contributed by atoms with Crippen LogP contribution in [0.1, 0.15) is 33.1 Å². The fourth-order valence-electron chi connectivity index (χ4n) is 2.35. The third-order valence-corrected chi connectivity index (χ3v) is 3.41. The Bertz CT molecular complexity index is 281. The summed E-state index contributed by atoms with van der Waals surface area (Å²) in [5, 5.41) is 14.9. The van der Waals surface area contributed by atoms with Crippen LogP contribution in [0.25, 0.3) is 0 Å². The minimum atomic E-state index is -0.708. The molecule has 1 rings (SSSR count). The lowest BCUT2D eigenvalue weighted by atomic mass is 9.96. The summed E-state index contributed by atoms with van der Waals surface area (Å²) in [5.74, 6) is -0.828. The smallest absolute Gasteiger partial charge is 0.306 e. The standard InChI is InChI=1S/C12H22N2O3/c1-3-13-11(15)8(2)14-7-9-5-4-6-10(9)12(16)17/h8-10,14H,3-7H2,1-2H3,(H,13,15)(H,16,17). The van der Waals surface area contributed by atoms with Crippen molar-refractivity contribution in [2.75, 3.05) is 13.1 Å². The molecule has 0 aromatic heterocycles. The number of carbonyl (C=O) groups excluding carboxylic acids is 1. The van der Waals surface area contributed by atoms with Crippen LogP contribution in [0.5, 0.6) is 0 Å². The van der Waals surface area contributed by atoms with Gasteiger partial charge in [0.25, 0.3) is 0 Å². The van der Waals surface area contributed by atoms with E-state index in [0.29, 0.717) is 13.1 Å². The molecule has 3 unspecified atom stereocenters. The summed E-state index contributed by atoms with van der Waals surface area (Å²) >= 11 is 0. The number of nitrogens with one attached hydrogen (secondary N) is 2. The predicted molar refractivity (Wildman–Crippen MR) is 64.6 cm³/mol. The van der Waals surface area contributed by atoms with Crippen molar-refractivity contribution in [2.45, 2.75) is 39.2 Å². The molecule has 0 aromatic rings. The average molecular weight is 242 g/mol. The number of amides is 1. The minimum Gasteiger partial charge on any atom is -0.481 e. The number of likely N-dealkylation sites (N-methyl/N-ethyl adjacent to an activating group) is 1. The molecule has 0 heterocycles. The summed E-state index contributed by atoms with van der Waals surface area (Å²) in [6.07, 6.45) is 2.67. The first-order valence-electron chi connectivity index (χ1n) is 6.30. The fourth-order valence-corrected chi connectivity index (χ4v) is 2.35. The van der Waals surface area contributed by atoms with Crippen LogP contribution >= 0.6 is 0 Å². The summed E-state index contributed by atoms with van der Waals surface area (Å²) in [4.78, 5) is 22.5. The SMILES string of the molecule is CCNC(=O)C(C)NCC1CCCC1C(=O)O. The van der Waals surface area contributed by atoms with Gasteiger partial charge < -0.3 is 15.7 Å². The van der Waals surface area contributed by atoms with E-state index in [4.69, 9.17) is 5.11 Å². The largest absolute Gasteiger partial charge is 0.481 e. The maximum absolute atomic E-state index is 11.5. The molecular formula is C12H22N2O3. The molecule has 5 nitrogen and oxygen atoms in total. The van der Waals surface area contributed by atoms with Crippen molar-refractivity contribution in [3.8, 4) is 0 Å². The number of rotatable bonds is 6. The molecule has 3 atom stereocenters. The van der Waals surface area contributed by atoms with E-state index in [0.717, 1.165) is 19.3 Å². The first kappa shape index (κ1) is 14.0. The monoisotopic (exact) mass is 242 g/mol. The van der Waals surface area contributed by atoms with E-state index in [1.165, 1.54) is 0 Å². The zero-order chi connectivity index (χ0) is 12.8. The van der Waals surface area contributed by atoms with Gasteiger partial charge in [-0.1, -0.05) is 6.42 Å². The Balaban J connectivity index is 2.34. The zero-order valence-corrected chi connectivity index (χ0v) is 10.5. The number of hydrogen-bond acceptors (Lipinski definition) is 3. The number of aliphatic carboxylic acids is 1. The Morgan fingerprint density at radius 2 is 2.12 bits per heavy atom. The van der Waals surface area contributed by atoms with Crippen LogP contribution in [-0.2, 0) is 9.59 Å². The second-order valence-electron chi connectivity index (χ2n) is 4.66. The van der Waals surface area contributed by atoms with E-state index in [-0.39, 0.29) is 23.8 Å². The predicted octanol–water partition coefficient (Wildman–Crippen LogP) is 0.601. The summed E-state index contributed by atoms with van der Waals surface area (Å²) in [7, 11) is 0. The van der Waals surface area contributed by atoms with Gasteiger partial charge in [-0.2, -0.15) is 0 Å². The third kappa shape index (κ3) is 4.00. The zero-order valence-electron chi connectivity index (χ0n) is 10.5. The molecule has 1 amide bonds. The van der Waals surface area contributed by atoms with E-state index in [9.17, 15) is 9.59 Å². The van der Waals surface area contributed by atoms with Crippen LogP contribution in [0.2, 0.25) is 0 Å². The lowest BCUT2D eigenvalue weighted by Crippen LogP contribution is -2.44. The highest BCUT2D eigenvalue weighted by Crippen LogP contribution is 2.31. The first-order valence-corrected chi connectivity index (χ1v) is 6.30. The van der Waals surface area contributed by atoms with Gasteiger partial charge in [0, 0.05) is 6.54 Å². The molecule has 1 aliphatic rings. The molecule has 0 spiro atoms. The maximum Gasteiger partial charge on any atom is 0.306 e. The van der Waals surface area contributed by atoms with Crippen LogP contribution in [0.15, 0.2) is 0 Å². The Morgan fingerprint density at radius 1 is 1.41 bits per heavy atom. The topological polar surface area (TPSA) is 78.4 Å². The Labute approximate surface area is 102 Å². The van der Waals surface area contributed by atoms with Gasteiger partial charge >= 0.3 is 5.97 Å². The van der Waals surface area contributed by atoms with E-state index in [1.807, 2.05) is 6.92 Å². The van der Waals surface area contributed by atoms with Crippen LogP contribution < -0.4 is 10.6 Å². The Kier molecular flexibility index (Phi) is 5.41. The molecule has 0 radical (unpaired) electrons. The average Bonchev–Trinajstić information content (AvgIpc) is 2.74. The Hall–Kier alpha value is -1.10.